The average Bonchev–Trinajstić information content (AvgIpc) is 3.08. The summed E-state index contributed by atoms with van der Waals surface area (Å²) in [5.41, 5.74) is 0.692. The van der Waals surface area contributed by atoms with Crippen molar-refractivity contribution < 1.29 is 28.2 Å². The predicted molar refractivity (Wildman–Crippen MR) is 113 cm³/mol. The number of carboxylic acid groups (broad SMARTS) is 1. The second kappa shape index (κ2) is 8.11. The van der Waals surface area contributed by atoms with Crippen LogP contribution in [0.1, 0.15) is 26.3 Å². The van der Waals surface area contributed by atoms with Gasteiger partial charge in [-0.25, -0.2) is 13.2 Å². The molecule has 0 saturated carbocycles. The third kappa shape index (κ3) is 4.21. The van der Waals surface area contributed by atoms with E-state index in [4.69, 9.17) is 5.11 Å². The van der Waals surface area contributed by atoms with Crippen LogP contribution in [-0.4, -0.2) is 47.3 Å². The van der Waals surface area contributed by atoms with Crippen LogP contribution in [-0.2, 0) is 17.1 Å². The molecule has 3 N–H and O–H groups in total. The van der Waals surface area contributed by atoms with Crippen LogP contribution in [0, 0.1) is 6.92 Å². The number of aromatic carboxylic acids is 1. The van der Waals surface area contributed by atoms with Gasteiger partial charge in [-0.05, 0) is 31.2 Å². The number of phenols is 1. The molecule has 0 atom stereocenters. The summed E-state index contributed by atoms with van der Waals surface area (Å²) in [5.74, 6) is -2.48. The Morgan fingerprint density at radius 3 is 2.32 bits per heavy atom. The Morgan fingerprint density at radius 1 is 1.10 bits per heavy atom. The number of aryl methyl sites for hydroxylation is 2. The summed E-state index contributed by atoms with van der Waals surface area (Å²) in [4.78, 5) is 23.9. The van der Waals surface area contributed by atoms with E-state index in [1.807, 2.05) is 6.92 Å². The van der Waals surface area contributed by atoms with Crippen molar-refractivity contribution in [3.63, 3.8) is 0 Å². The third-order valence-electron chi connectivity index (χ3n) is 4.62. The standard InChI is InChI=1S/C20H20N4O6S/c1-12-4-7-14(8-5-12)31(29,30)24(3)19-16(11-21-23(19)2)18(26)22-13-6-9-15(20(27)28)17(25)10-13/h4-11,25H,1-3H3,(H,22,26)(H,27,28). The quantitative estimate of drug-likeness (QED) is 0.529. The molecule has 11 heteroatoms. The zero-order chi connectivity index (χ0) is 22.9. The SMILES string of the molecule is Cc1ccc(S(=O)(=O)N(C)c2c(C(=O)Nc3ccc(C(=O)O)c(O)c3)cnn2C)cc1. The summed E-state index contributed by atoms with van der Waals surface area (Å²) >= 11 is 0. The van der Waals surface area contributed by atoms with Gasteiger partial charge >= 0.3 is 5.97 Å². The number of carboxylic acids is 1. The van der Waals surface area contributed by atoms with Gasteiger partial charge in [0.1, 0.15) is 16.9 Å². The minimum absolute atomic E-state index is 0.0255. The lowest BCUT2D eigenvalue weighted by Gasteiger charge is -2.21. The van der Waals surface area contributed by atoms with Gasteiger partial charge in [0.25, 0.3) is 15.9 Å². The van der Waals surface area contributed by atoms with E-state index >= 15 is 0 Å². The summed E-state index contributed by atoms with van der Waals surface area (Å²) in [6.07, 6.45) is 1.22. The Labute approximate surface area is 178 Å². The van der Waals surface area contributed by atoms with Crippen LogP contribution < -0.4 is 9.62 Å². The Hall–Kier alpha value is -3.86. The number of benzene rings is 2. The van der Waals surface area contributed by atoms with Crippen molar-refractivity contribution in [1.82, 2.24) is 9.78 Å². The van der Waals surface area contributed by atoms with Gasteiger partial charge in [-0.1, -0.05) is 17.7 Å². The number of carbonyl (C=O) groups excluding carboxylic acids is 1. The normalized spacial score (nSPS) is 11.2. The molecule has 3 aromatic rings. The zero-order valence-corrected chi connectivity index (χ0v) is 17.7. The summed E-state index contributed by atoms with van der Waals surface area (Å²) in [7, 11) is -1.15. The van der Waals surface area contributed by atoms with Gasteiger partial charge in [-0.15, -0.1) is 0 Å². The second-order valence-corrected chi connectivity index (χ2v) is 8.75. The lowest BCUT2D eigenvalue weighted by Crippen LogP contribution is -2.30. The first-order valence-corrected chi connectivity index (χ1v) is 10.4. The maximum absolute atomic E-state index is 13.0. The monoisotopic (exact) mass is 444 g/mol. The number of rotatable bonds is 6. The molecule has 0 fully saturated rings. The maximum atomic E-state index is 13.0. The number of aromatic nitrogens is 2. The number of carbonyl (C=O) groups is 2. The molecular formula is C20H20N4O6S. The highest BCUT2D eigenvalue weighted by molar-refractivity contribution is 7.92. The van der Waals surface area contributed by atoms with E-state index in [1.165, 1.54) is 43.2 Å². The van der Waals surface area contributed by atoms with Crippen LogP contribution in [0.3, 0.4) is 0 Å². The molecule has 0 aliphatic rings. The van der Waals surface area contributed by atoms with Gasteiger partial charge in [0.2, 0.25) is 0 Å². The van der Waals surface area contributed by atoms with Gasteiger partial charge in [0, 0.05) is 25.8 Å². The fraction of sp³-hybridized carbons (Fsp3) is 0.150. The van der Waals surface area contributed by atoms with E-state index in [9.17, 15) is 23.1 Å². The Bertz CT molecular complexity index is 1270. The van der Waals surface area contributed by atoms with Crippen LogP contribution in [0.4, 0.5) is 11.5 Å². The molecule has 0 bridgehead atoms. The Balaban J connectivity index is 1.93. The lowest BCUT2D eigenvalue weighted by molar-refractivity contribution is 0.0693. The molecule has 0 spiro atoms. The van der Waals surface area contributed by atoms with Gasteiger partial charge in [-0.3, -0.25) is 13.8 Å². The largest absolute Gasteiger partial charge is 0.507 e. The topological polar surface area (TPSA) is 142 Å². The van der Waals surface area contributed by atoms with Crippen molar-refractivity contribution in [3.05, 3.63) is 65.4 Å². The molecule has 2 aromatic carbocycles. The Kier molecular flexibility index (Phi) is 5.71. The van der Waals surface area contributed by atoms with Gasteiger partial charge in [0.15, 0.2) is 5.82 Å². The molecule has 0 saturated heterocycles. The molecule has 1 aromatic heterocycles. The van der Waals surface area contributed by atoms with Gasteiger partial charge in [-0.2, -0.15) is 5.10 Å². The van der Waals surface area contributed by atoms with Crippen LogP contribution in [0.2, 0.25) is 0 Å². The molecule has 1 amide bonds. The van der Waals surface area contributed by atoms with Crippen molar-refractivity contribution in [1.29, 1.82) is 0 Å². The first kappa shape index (κ1) is 21.8. The van der Waals surface area contributed by atoms with E-state index < -0.39 is 27.6 Å². The number of hydrogen-bond acceptors (Lipinski definition) is 6. The van der Waals surface area contributed by atoms with E-state index in [0.29, 0.717) is 0 Å². The third-order valence-corrected chi connectivity index (χ3v) is 6.38. The predicted octanol–water partition coefficient (Wildman–Crippen LogP) is 2.21. The highest BCUT2D eigenvalue weighted by Crippen LogP contribution is 2.27. The number of sulfonamides is 1. The first-order valence-electron chi connectivity index (χ1n) is 8.97. The van der Waals surface area contributed by atoms with Gasteiger partial charge < -0.3 is 15.5 Å². The molecular weight excluding hydrogens is 424 g/mol. The molecule has 0 radical (unpaired) electrons. The lowest BCUT2D eigenvalue weighted by atomic mass is 10.1. The number of nitrogens with one attached hydrogen (secondary N) is 1. The van der Waals surface area contributed by atoms with Crippen LogP contribution in [0.25, 0.3) is 0 Å². The smallest absolute Gasteiger partial charge is 0.339 e. The van der Waals surface area contributed by atoms with Crippen molar-refractivity contribution in [2.75, 3.05) is 16.7 Å². The molecule has 0 unspecified atom stereocenters. The second-order valence-electron chi connectivity index (χ2n) is 6.78. The molecule has 0 aliphatic heterocycles. The van der Waals surface area contributed by atoms with E-state index in [-0.39, 0.29) is 27.5 Å². The summed E-state index contributed by atoms with van der Waals surface area (Å²) < 4.78 is 28.3. The number of nitrogens with zero attached hydrogens (tertiary/aromatic N) is 3. The molecule has 10 nitrogen and oxygen atoms in total. The van der Waals surface area contributed by atoms with Crippen LogP contribution in [0.15, 0.2) is 53.6 Å². The Morgan fingerprint density at radius 2 is 1.74 bits per heavy atom. The van der Waals surface area contributed by atoms with Crippen molar-refractivity contribution in [3.8, 4) is 5.75 Å². The van der Waals surface area contributed by atoms with E-state index in [1.54, 1.807) is 12.1 Å². The van der Waals surface area contributed by atoms with Crippen molar-refractivity contribution in [2.45, 2.75) is 11.8 Å². The fourth-order valence-electron chi connectivity index (χ4n) is 2.94. The maximum Gasteiger partial charge on any atom is 0.339 e. The molecule has 162 valence electrons. The highest BCUT2D eigenvalue weighted by atomic mass is 32.2. The zero-order valence-electron chi connectivity index (χ0n) is 16.9. The minimum Gasteiger partial charge on any atom is -0.507 e. The van der Waals surface area contributed by atoms with E-state index in [0.717, 1.165) is 22.0 Å². The van der Waals surface area contributed by atoms with Crippen LogP contribution >= 0.6 is 0 Å². The summed E-state index contributed by atoms with van der Waals surface area (Å²) in [6.45, 7) is 1.84. The van der Waals surface area contributed by atoms with Crippen molar-refractivity contribution >= 4 is 33.4 Å². The first-order chi connectivity index (χ1) is 14.5. The molecule has 1 heterocycles. The van der Waals surface area contributed by atoms with Gasteiger partial charge in [0.05, 0.1) is 11.1 Å². The molecule has 3 rings (SSSR count). The summed E-state index contributed by atoms with van der Waals surface area (Å²) in [6, 6.07) is 9.84. The number of amides is 1. The highest BCUT2D eigenvalue weighted by Gasteiger charge is 2.28. The number of aromatic hydroxyl groups is 1. The van der Waals surface area contributed by atoms with Crippen molar-refractivity contribution in [2.24, 2.45) is 7.05 Å². The fourth-order valence-corrected chi connectivity index (χ4v) is 4.18. The molecule has 31 heavy (non-hydrogen) atoms. The summed E-state index contributed by atoms with van der Waals surface area (Å²) in [5, 5.41) is 25.3. The number of anilines is 2. The average molecular weight is 444 g/mol. The molecule has 0 aliphatic carbocycles. The van der Waals surface area contributed by atoms with E-state index in [2.05, 4.69) is 10.4 Å². The minimum atomic E-state index is -3.96. The van der Waals surface area contributed by atoms with Crippen LogP contribution in [0.5, 0.6) is 5.75 Å². The number of hydrogen-bond donors (Lipinski definition) is 3.